The van der Waals surface area contributed by atoms with E-state index in [4.69, 9.17) is 0 Å². The van der Waals surface area contributed by atoms with Crippen LogP contribution in [-0.2, 0) is 21.4 Å². The first-order valence-electron chi connectivity index (χ1n) is 15.3. The topological polar surface area (TPSA) is 86.8 Å². The predicted molar refractivity (Wildman–Crippen MR) is 170 cm³/mol. The van der Waals surface area contributed by atoms with Crippen molar-refractivity contribution in [1.82, 2.24) is 15.1 Å². The van der Waals surface area contributed by atoms with Gasteiger partial charge >= 0.3 is 0 Å². The second-order valence-electron chi connectivity index (χ2n) is 13.0. The summed E-state index contributed by atoms with van der Waals surface area (Å²) in [7, 11) is 0. The van der Waals surface area contributed by atoms with Crippen LogP contribution in [0.1, 0.15) is 59.0 Å². The Bertz CT molecular complexity index is 1780. The minimum atomic E-state index is -0.998. The molecule has 6 rings (SSSR count). The van der Waals surface area contributed by atoms with Gasteiger partial charge in [-0.05, 0) is 70.1 Å². The number of amides is 3. The van der Waals surface area contributed by atoms with E-state index in [1.54, 1.807) is 35.2 Å². The lowest BCUT2D eigenvalue weighted by atomic mass is 9.86. The van der Waals surface area contributed by atoms with Crippen molar-refractivity contribution in [3.8, 4) is 0 Å². The highest BCUT2D eigenvalue weighted by atomic mass is 19.1. The van der Waals surface area contributed by atoms with E-state index in [9.17, 15) is 23.6 Å². The van der Waals surface area contributed by atoms with Crippen molar-refractivity contribution in [2.24, 2.45) is 0 Å². The maximum absolute atomic E-state index is 14.1. The quantitative estimate of drug-likeness (QED) is 0.323. The fourth-order valence-corrected chi connectivity index (χ4v) is 6.45. The largest absolute Gasteiger partial charge is 0.340 e. The van der Waals surface area contributed by atoms with Crippen molar-refractivity contribution in [3.63, 3.8) is 0 Å². The Morgan fingerprint density at radius 1 is 0.867 bits per heavy atom. The molecule has 2 aliphatic heterocycles. The minimum absolute atomic E-state index is 0.0834. The average Bonchev–Trinajstić information content (AvgIpc) is 3.61. The summed E-state index contributed by atoms with van der Waals surface area (Å²) in [5, 5.41) is 4.83. The molecule has 230 valence electrons. The third kappa shape index (κ3) is 6.10. The summed E-state index contributed by atoms with van der Waals surface area (Å²) in [5.74, 6) is -1.67. The lowest BCUT2D eigenvalue weighted by Crippen LogP contribution is -2.53. The molecule has 2 unspecified atom stereocenters. The lowest BCUT2D eigenvalue weighted by molar-refractivity contribution is -0.138. The van der Waals surface area contributed by atoms with Gasteiger partial charge in [0.25, 0.3) is 11.8 Å². The van der Waals surface area contributed by atoms with Crippen LogP contribution >= 0.6 is 0 Å². The van der Waals surface area contributed by atoms with Crippen LogP contribution in [0.5, 0.6) is 0 Å². The molecule has 45 heavy (non-hydrogen) atoms. The van der Waals surface area contributed by atoms with Gasteiger partial charge in [-0.2, -0.15) is 0 Å². The van der Waals surface area contributed by atoms with Crippen molar-refractivity contribution in [1.29, 1.82) is 0 Å². The molecule has 8 heteroatoms. The Morgan fingerprint density at radius 3 is 2.22 bits per heavy atom. The molecule has 2 fully saturated rings. The molecule has 0 bridgehead atoms. The van der Waals surface area contributed by atoms with Crippen LogP contribution in [0, 0.1) is 5.82 Å². The molecule has 4 aromatic rings. The van der Waals surface area contributed by atoms with E-state index in [2.05, 4.69) is 26.1 Å². The maximum Gasteiger partial charge on any atom is 0.254 e. The van der Waals surface area contributed by atoms with Gasteiger partial charge in [0.05, 0.1) is 12.6 Å². The summed E-state index contributed by atoms with van der Waals surface area (Å²) in [6.45, 7) is 6.45. The summed E-state index contributed by atoms with van der Waals surface area (Å²) in [6, 6.07) is 24.1. The number of hydrogen-bond acceptors (Lipinski definition) is 4. The number of rotatable bonds is 6. The molecule has 2 saturated heterocycles. The van der Waals surface area contributed by atoms with Crippen molar-refractivity contribution in [3.05, 3.63) is 119 Å². The highest BCUT2D eigenvalue weighted by Gasteiger charge is 2.52. The zero-order chi connectivity index (χ0) is 31.9. The van der Waals surface area contributed by atoms with Crippen LogP contribution in [0.25, 0.3) is 10.8 Å². The molecular formula is C37H36FN3O4. The lowest BCUT2D eigenvalue weighted by Gasteiger charge is -2.28. The molecule has 2 aliphatic rings. The van der Waals surface area contributed by atoms with Gasteiger partial charge in [-0.3, -0.25) is 19.2 Å². The van der Waals surface area contributed by atoms with Crippen molar-refractivity contribution in [2.45, 2.75) is 57.2 Å². The van der Waals surface area contributed by atoms with Crippen LogP contribution < -0.4 is 5.32 Å². The number of likely N-dealkylation sites (tertiary alicyclic amines) is 2. The summed E-state index contributed by atoms with van der Waals surface area (Å²) < 4.78 is 13.7. The van der Waals surface area contributed by atoms with Crippen molar-refractivity contribution >= 4 is 34.3 Å². The van der Waals surface area contributed by atoms with Crippen LogP contribution in [0.2, 0.25) is 0 Å². The molecule has 0 saturated carbocycles. The number of nitrogens with zero attached hydrogens (tertiary/aromatic N) is 2. The molecule has 2 heterocycles. The Morgan fingerprint density at radius 2 is 1.53 bits per heavy atom. The molecule has 4 aromatic carbocycles. The second-order valence-corrected chi connectivity index (χ2v) is 13.0. The average molecular weight is 606 g/mol. The fraction of sp³-hybridized carbons (Fsp3) is 0.297. The summed E-state index contributed by atoms with van der Waals surface area (Å²) >= 11 is 0. The van der Waals surface area contributed by atoms with Crippen molar-refractivity contribution in [2.75, 3.05) is 13.1 Å². The Hall–Kier alpha value is -4.85. The van der Waals surface area contributed by atoms with E-state index in [1.807, 2.05) is 48.5 Å². The summed E-state index contributed by atoms with van der Waals surface area (Å²) in [4.78, 5) is 57.6. The molecule has 3 atom stereocenters. The van der Waals surface area contributed by atoms with Crippen molar-refractivity contribution < 1.29 is 23.6 Å². The van der Waals surface area contributed by atoms with Gasteiger partial charge in [-0.25, -0.2) is 4.39 Å². The van der Waals surface area contributed by atoms with Gasteiger partial charge in [0.1, 0.15) is 17.9 Å². The molecule has 3 amide bonds. The van der Waals surface area contributed by atoms with Crippen LogP contribution in [-0.4, -0.2) is 64.5 Å². The van der Waals surface area contributed by atoms with Crippen LogP contribution in [0.3, 0.4) is 0 Å². The molecule has 0 radical (unpaired) electrons. The van der Waals surface area contributed by atoms with Gasteiger partial charge < -0.3 is 15.1 Å². The number of ketones is 1. The number of hydrogen-bond donors (Lipinski definition) is 1. The number of Topliss-reactive ketones (excluding diaryl/α,β-unsaturated/α-hetero) is 1. The normalized spacial score (nSPS) is 18.6. The molecule has 7 nitrogen and oxygen atoms in total. The zero-order valence-electron chi connectivity index (χ0n) is 25.6. The molecule has 0 spiro atoms. The van der Waals surface area contributed by atoms with E-state index in [-0.39, 0.29) is 36.6 Å². The van der Waals surface area contributed by atoms with E-state index in [0.717, 1.165) is 16.3 Å². The number of nitrogens with one attached hydrogen (secondary N) is 1. The van der Waals surface area contributed by atoms with Crippen LogP contribution in [0.4, 0.5) is 4.39 Å². The monoisotopic (exact) mass is 605 g/mol. The third-order valence-electron chi connectivity index (χ3n) is 8.93. The third-order valence-corrected chi connectivity index (χ3v) is 8.93. The minimum Gasteiger partial charge on any atom is -0.340 e. The summed E-state index contributed by atoms with van der Waals surface area (Å²) in [5.41, 5.74) is 2.55. The van der Waals surface area contributed by atoms with E-state index >= 15 is 0 Å². The standard InChI is InChI=1S/C37H36FN3O4/c1-37(2,3)28-14-12-25(13-15-28)34(43)39-30(20-23-8-16-29(38)17-9-23)36(45)40-19-18-31-33(40)32(42)22-41(31)35(44)27-11-10-24-6-4-5-7-26(24)21-27/h4-17,21,30-31,33H,18-20,22H2,1-3H3,(H,39,43)/t30-,31?,33?/m0/s1. The number of benzene rings is 4. The van der Waals surface area contributed by atoms with Crippen LogP contribution in [0.15, 0.2) is 91.0 Å². The van der Waals surface area contributed by atoms with E-state index in [0.29, 0.717) is 23.1 Å². The Kier molecular flexibility index (Phi) is 7.99. The highest BCUT2D eigenvalue weighted by Crippen LogP contribution is 2.32. The summed E-state index contributed by atoms with van der Waals surface area (Å²) in [6.07, 6.45) is 0.569. The zero-order valence-corrected chi connectivity index (χ0v) is 25.6. The first-order chi connectivity index (χ1) is 21.5. The Labute approximate surface area is 262 Å². The predicted octanol–water partition coefficient (Wildman–Crippen LogP) is 5.31. The first kappa shape index (κ1) is 30.2. The van der Waals surface area contributed by atoms with Gasteiger partial charge in [0, 0.05) is 24.1 Å². The molecule has 0 aliphatic carbocycles. The highest BCUT2D eigenvalue weighted by molar-refractivity contribution is 6.05. The second kappa shape index (κ2) is 11.9. The van der Waals surface area contributed by atoms with Gasteiger partial charge in [-0.1, -0.05) is 75.4 Å². The Balaban J connectivity index is 1.23. The van der Waals surface area contributed by atoms with Gasteiger partial charge in [0.15, 0.2) is 5.78 Å². The molecular weight excluding hydrogens is 569 g/mol. The SMILES string of the molecule is CC(C)(C)c1ccc(C(=O)N[C@@H](Cc2ccc(F)cc2)C(=O)N2CCC3C2C(=O)CN3C(=O)c2ccc3ccccc3c2)cc1. The molecule has 0 aromatic heterocycles. The number of carbonyl (C=O) groups is 4. The smallest absolute Gasteiger partial charge is 0.254 e. The first-order valence-corrected chi connectivity index (χ1v) is 15.3. The number of fused-ring (bicyclic) bond motifs is 2. The number of halogens is 1. The van der Waals surface area contributed by atoms with Gasteiger partial charge in [0.2, 0.25) is 5.91 Å². The molecule has 1 N–H and O–H groups in total. The van der Waals surface area contributed by atoms with E-state index < -0.39 is 35.8 Å². The fourth-order valence-electron chi connectivity index (χ4n) is 6.45. The van der Waals surface area contributed by atoms with E-state index in [1.165, 1.54) is 17.0 Å². The number of carbonyl (C=O) groups excluding carboxylic acids is 4. The van der Waals surface area contributed by atoms with Gasteiger partial charge in [-0.15, -0.1) is 0 Å². The maximum atomic E-state index is 14.1.